The molecule has 242 valence electrons. The minimum Gasteiger partial charge on any atom is -0.493 e. The maximum atomic E-state index is 13.2. The molecule has 3 amide bonds. The zero-order chi connectivity index (χ0) is 32.6. The quantitative estimate of drug-likeness (QED) is 0.203. The van der Waals surface area contributed by atoms with Crippen molar-refractivity contribution in [2.24, 2.45) is 12.0 Å². The SMILES string of the molecule is COC(=O)c1ccc(NC(=O)c2cc(NC(=O)CCCCCOc3cc4c(cc3OC)C(=O)N3CCCCC3C=N4)cn2C)cc1. The number of ether oxygens (including phenoxy) is 3. The van der Waals surface area contributed by atoms with E-state index in [9.17, 15) is 19.2 Å². The van der Waals surface area contributed by atoms with Gasteiger partial charge in [-0.15, -0.1) is 0 Å². The van der Waals surface area contributed by atoms with Gasteiger partial charge < -0.3 is 34.3 Å². The summed E-state index contributed by atoms with van der Waals surface area (Å²) in [5, 5.41) is 5.64. The largest absolute Gasteiger partial charge is 0.493 e. The monoisotopic (exact) mass is 629 g/mol. The molecule has 2 aliphatic heterocycles. The molecule has 1 saturated heterocycles. The van der Waals surface area contributed by atoms with E-state index in [2.05, 4.69) is 20.4 Å². The molecule has 2 N–H and O–H groups in total. The third-order valence-corrected chi connectivity index (χ3v) is 8.10. The van der Waals surface area contributed by atoms with Gasteiger partial charge in [-0.2, -0.15) is 0 Å². The van der Waals surface area contributed by atoms with Gasteiger partial charge in [0.1, 0.15) is 5.69 Å². The highest BCUT2D eigenvalue weighted by Crippen LogP contribution is 2.38. The van der Waals surface area contributed by atoms with Gasteiger partial charge in [0.2, 0.25) is 5.91 Å². The van der Waals surface area contributed by atoms with Crippen molar-refractivity contribution in [3.63, 3.8) is 0 Å². The smallest absolute Gasteiger partial charge is 0.337 e. The third-order valence-electron chi connectivity index (χ3n) is 8.10. The molecule has 0 aliphatic carbocycles. The van der Waals surface area contributed by atoms with Crippen LogP contribution in [0.5, 0.6) is 11.5 Å². The molecule has 2 aromatic carbocycles. The van der Waals surface area contributed by atoms with E-state index in [1.54, 1.807) is 67.4 Å². The molecule has 1 fully saturated rings. The van der Waals surface area contributed by atoms with E-state index in [4.69, 9.17) is 9.47 Å². The highest BCUT2D eigenvalue weighted by Gasteiger charge is 2.31. The molecule has 1 atom stereocenters. The van der Waals surface area contributed by atoms with Gasteiger partial charge >= 0.3 is 5.97 Å². The second-order valence-corrected chi connectivity index (χ2v) is 11.3. The molecule has 0 spiro atoms. The number of esters is 1. The summed E-state index contributed by atoms with van der Waals surface area (Å²) < 4.78 is 17.9. The number of hydrogen-bond acceptors (Lipinski definition) is 8. The Labute approximate surface area is 267 Å². The summed E-state index contributed by atoms with van der Waals surface area (Å²) in [4.78, 5) is 56.7. The van der Waals surface area contributed by atoms with Crippen molar-refractivity contribution in [3.8, 4) is 11.5 Å². The van der Waals surface area contributed by atoms with Crippen LogP contribution in [-0.2, 0) is 16.6 Å². The molecule has 2 aliphatic rings. The van der Waals surface area contributed by atoms with Crippen LogP contribution in [0.3, 0.4) is 0 Å². The summed E-state index contributed by atoms with van der Waals surface area (Å²) in [6.45, 7) is 1.15. The Bertz CT molecular complexity index is 1630. The number of anilines is 2. The number of carbonyl (C=O) groups excluding carboxylic acids is 4. The van der Waals surface area contributed by atoms with E-state index in [1.807, 2.05) is 11.1 Å². The second kappa shape index (κ2) is 14.8. The Balaban J connectivity index is 1.06. The fourth-order valence-corrected chi connectivity index (χ4v) is 5.62. The highest BCUT2D eigenvalue weighted by molar-refractivity contribution is 6.05. The number of aryl methyl sites for hydroxylation is 1. The summed E-state index contributed by atoms with van der Waals surface area (Å²) in [6, 6.07) is 11.5. The number of aliphatic imine (C=N–C) groups is 1. The van der Waals surface area contributed by atoms with E-state index < -0.39 is 5.97 Å². The van der Waals surface area contributed by atoms with Crippen LogP contribution < -0.4 is 20.1 Å². The third kappa shape index (κ3) is 7.56. The van der Waals surface area contributed by atoms with Crippen molar-refractivity contribution in [1.29, 1.82) is 0 Å². The maximum Gasteiger partial charge on any atom is 0.337 e. The van der Waals surface area contributed by atoms with Crippen LogP contribution in [0.2, 0.25) is 0 Å². The predicted octanol–water partition coefficient (Wildman–Crippen LogP) is 5.36. The van der Waals surface area contributed by atoms with Gasteiger partial charge in [0, 0.05) is 44.2 Å². The van der Waals surface area contributed by atoms with Gasteiger partial charge in [0.15, 0.2) is 11.5 Å². The molecule has 3 aromatic rings. The van der Waals surface area contributed by atoms with Gasteiger partial charge in [-0.1, -0.05) is 0 Å². The van der Waals surface area contributed by atoms with Gasteiger partial charge in [0.25, 0.3) is 11.8 Å². The van der Waals surface area contributed by atoms with Crippen molar-refractivity contribution in [3.05, 3.63) is 65.5 Å². The van der Waals surface area contributed by atoms with Gasteiger partial charge in [-0.3, -0.25) is 19.4 Å². The number of aromatic nitrogens is 1. The van der Waals surface area contributed by atoms with Crippen molar-refractivity contribution in [1.82, 2.24) is 9.47 Å². The lowest BCUT2D eigenvalue weighted by Crippen LogP contribution is -2.43. The summed E-state index contributed by atoms with van der Waals surface area (Å²) in [6.07, 6.45) is 9.02. The van der Waals surface area contributed by atoms with Crippen LogP contribution in [0.4, 0.5) is 17.1 Å². The highest BCUT2D eigenvalue weighted by atomic mass is 16.5. The zero-order valence-corrected chi connectivity index (χ0v) is 26.3. The minimum atomic E-state index is -0.458. The molecule has 3 heterocycles. The number of piperidine rings is 1. The first-order valence-corrected chi connectivity index (χ1v) is 15.4. The van der Waals surface area contributed by atoms with E-state index in [-0.39, 0.29) is 23.8 Å². The summed E-state index contributed by atoms with van der Waals surface area (Å²) in [5.41, 5.74) is 2.90. The summed E-state index contributed by atoms with van der Waals surface area (Å²) in [7, 11) is 4.58. The van der Waals surface area contributed by atoms with Crippen molar-refractivity contribution < 1.29 is 33.4 Å². The summed E-state index contributed by atoms with van der Waals surface area (Å²) >= 11 is 0. The normalized spacial score (nSPS) is 15.3. The first-order chi connectivity index (χ1) is 22.3. The average Bonchev–Trinajstić information content (AvgIpc) is 3.37. The zero-order valence-electron chi connectivity index (χ0n) is 26.3. The number of methoxy groups -OCH3 is 2. The molecule has 5 rings (SSSR count). The fourth-order valence-electron chi connectivity index (χ4n) is 5.62. The molecule has 0 saturated carbocycles. The Kier molecular flexibility index (Phi) is 10.4. The van der Waals surface area contributed by atoms with E-state index in [1.165, 1.54) is 7.11 Å². The number of fused-ring (bicyclic) bond motifs is 2. The number of unbranched alkanes of at least 4 members (excludes halogenated alkanes) is 2. The molecule has 0 bridgehead atoms. The second-order valence-electron chi connectivity index (χ2n) is 11.3. The Morgan fingerprint density at radius 2 is 1.76 bits per heavy atom. The van der Waals surface area contributed by atoms with E-state index in [0.717, 1.165) is 38.6 Å². The lowest BCUT2D eigenvalue weighted by molar-refractivity contribution is -0.116. The molecular weight excluding hydrogens is 590 g/mol. The Hall–Kier alpha value is -5.13. The number of hydrogen-bond donors (Lipinski definition) is 2. The Morgan fingerprint density at radius 1 is 0.957 bits per heavy atom. The van der Waals surface area contributed by atoms with Gasteiger partial charge in [0.05, 0.1) is 49.4 Å². The number of rotatable bonds is 12. The predicted molar refractivity (Wildman–Crippen MR) is 174 cm³/mol. The molecule has 46 heavy (non-hydrogen) atoms. The van der Waals surface area contributed by atoms with Crippen molar-refractivity contribution in [2.45, 2.75) is 51.0 Å². The van der Waals surface area contributed by atoms with E-state index >= 15 is 0 Å². The topological polar surface area (TPSA) is 141 Å². The van der Waals surface area contributed by atoms with Crippen LogP contribution in [0, 0.1) is 0 Å². The molecule has 12 nitrogen and oxygen atoms in total. The first-order valence-electron chi connectivity index (χ1n) is 15.4. The van der Waals surface area contributed by atoms with Crippen LogP contribution in [0.25, 0.3) is 0 Å². The minimum absolute atomic E-state index is 0.0229. The van der Waals surface area contributed by atoms with Gasteiger partial charge in [-0.05, 0) is 74.9 Å². The van der Waals surface area contributed by atoms with Crippen LogP contribution in [0.1, 0.15) is 76.2 Å². The van der Waals surface area contributed by atoms with Crippen molar-refractivity contribution >= 4 is 47.0 Å². The molecule has 1 aromatic heterocycles. The lowest BCUT2D eigenvalue weighted by Gasteiger charge is -2.32. The molecular formula is C34H39N5O7. The van der Waals surface area contributed by atoms with E-state index in [0.29, 0.717) is 64.8 Å². The average molecular weight is 630 g/mol. The standard InChI is InChI=1S/C34H39N5O7/c1-38-21-24(17-28(38)32(41)37-23-13-11-22(12-14-23)34(43)45-3)36-31(40)10-5-4-8-16-46-30-19-27-26(18-29(30)44-2)33(42)39-15-7-6-9-25(39)20-35-27/h11-14,17-21,25H,4-10,15-16H2,1-3H3,(H,36,40)(H,37,41). The number of amides is 3. The molecule has 0 radical (unpaired) electrons. The fraction of sp³-hybridized carbons (Fsp3) is 0.382. The van der Waals surface area contributed by atoms with Crippen LogP contribution in [0.15, 0.2) is 53.7 Å². The number of benzene rings is 2. The van der Waals surface area contributed by atoms with Crippen molar-refractivity contribution in [2.75, 3.05) is 38.0 Å². The molecule has 1 unspecified atom stereocenters. The van der Waals surface area contributed by atoms with Gasteiger partial charge in [-0.25, -0.2) is 4.79 Å². The summed E-state index contributed by atoms with van der Waals surface area (Å²) in [5.74, 6) is 0.0350. The lowest BCUT2D eigenvalue weighted by atomic mass is 10.0. The number of carbonyl (C=O) groups is 4. The number of nitrogens with one attached hydrogen (secondary N) is 2. The Morgan fingerprint density at radius 3 is 2.52 bits per heavy atom. The number of nitrogens with zero attached hydrogens (tertiary/aromatic N) is 3. The van der Waals surface area contributed by atoms with Crippen LogP contribution in [-0.4, -0.2) is 72.8 Å². The molecule has 12 heteroatoms. The van der Waals surface area contributed by atoms with Crippen LogP contribution >= 0.6 is 0 Å². The maximum absolute atomic E-state index is 13.2. The first kappa shape index (κ1) is 32.3.